The van der Waals surface area contributed by atoms with E-state index in [0.29, 0.717) is 28.6 Å². The molecule has 1 heterocycles. The monoisotopic (exact) mass is 600 g/mol. The van der Waals surface area contributed by atoms with Gasteiger partial charge in [0.25, 0.3) is 0 Å². The predicted octanol–water partition coefficient (Wildman–Crippen LogP) is 4.09. The van der Waals surface area contributed by atoms with Gasteiger partial charge in [0.2, 0.25) is 17.7 Å². The molecule has 0 aromatic heterocycles. The van der Waals surface area contributed by atoms with Gasteiger partial charge in [-0.1, -0.05) is 53.9 Å². The minimum Gasteiger partial charge on any atom is -0.379 e. The molecule has 3 atom stereocenters. The summed E-state index contributed by atoms with van der Waals surface area (Å²) in [7, 11) is 0. The summed E-state index contributed by atoms with van der Waals surface area (Å²) in [5, 5.41) is 7.12. The first-order chi connectivity index (χ1) is 19.8. The lowest BCUT2D eigenvalue weighted by molar-refractivity contribution is -0.127. The number of carbonyl (C=O) groups excluding carboxylic acids is 3. The first-order valence-corrected chi connectivity index (χ1v) is 15.0. The molecule has 2 aliphatic rings. The average molecular weight is 602 g/mol. The van der Waals surface area contributed by atoms with Crippen molar-refractivity contribution >= 4 is 47.0 Å². The first kappa shape index (κ1) is 31.0. The Morgan fingerprint density at radius 2 is 1.85 bits per heavy atom. The molecule has 0 spiro atoms. The average Bonchev–Trinajstić information content (AvgIpc) is 3.42. The first-order valence-electron chi connectivity index (χ1n) is 14.2. The second-order valence-electron chi connectivity index (χ2n) is 10.6. The molecule has 4 N–H and O–H groups in total. The van der Waals surface area contributed by atoms with Crippen LogP contribution < -0.4 is 16.4 Å². The van der Waals surface area contributed by atoms with E-state index in [1.54, 1.807) is 36.4 Å². The lowest BCUT2D eigenvalue weighted by Gasteiger charge is -2.29. The van der Waals surface area contributed by atoms with Crippen LogP contribution >= 0.6 is 23.2 Å². The molecule has 0 bridgehead atoms. The van der Waals surface area contributed by atoms with Crippen LogP contribution in [-0.2, 0) is 20.7 Å². The maximum absolute atomic E-state index is 13.7. The highest BCUT2D eigenvalue weighted by atomic mass is 35.5. The smallest absolute Gasteiger partial charge is 0.248 e. The van der Waals surface area contributed by atoms with Crippen molar-refractivity contribution in [2.75, 3.05) is 39.4 Å². The van der Waals surface area contributed by atoms with Crippen LogP contribution in [0.25, 0.3) is 6.08 Å². The van der Waals surface area contributed by atoms with E-state index in [0.717, 1.165) is 69.7 Å². The highest BCUT2D eigenvalue weighted by Crippen LogP contribution is 2.35. The van der Waals surface area contributed by atoms with E-state index in [2.05, 4.69) is 15.5 Å². The number of rotatable bonds is 12. The number of carbonyl (C=O) groups is 3. The summed E-state index contributed by atoms with van der Waals surface area (Å²) in [4.78, 5) is 41.0. The largest absolute Gasteiger partial charge is 0.379 e. The van der Waals surface area contributed by atoms with Crippen LogP contribution in [0.2, 0.25) is 10.0 Å². The Morgan fingerprint density at radius 1 is 1.07 bits per heavy atom. The Labute approximate surface area is 251 Å². The van der Waals surface area contributed by atoms with Gasteiger partial charge in [-0.3, -0.25) is 19.3 Å². The van der Waals surface area contributed by atoms with Crippen molar-refractivity contribution in [3.05, 3.63) is 75.3 Å². The molecule has 1 aliphatic carbocycles. The molecule has 1 saturated heterocycles. The van der Waals surface area contributed by atoms with Gasteiger partial charge in [-0.2, -0.15) is 0 Å². The number of halogens is 2. The number of nitrogens with one attached hydrogen (secondary N) is 2. The third-order valence-electron chi connectivity index (χ3n) is 7.90. The number of benzene rings is 2. The van der Waals surface area contributed by atoms with E-state index in [1.807, 2.05) is 12.1 Å². The zero-order chi connectivity index (χ0) is 29.2. The second kappa shape index (κ2) is 15.4. The Kier molecular flexibility index (Phi) is 11.6. The van der Waals surface area contributed by atoms with E-state index in [1.165, 1.54) is 6.08 Å². The zero-order valence-corrected chi connectivity index (χ0v) is 24.6. The van der Waals surface area contributed by atoms with Crippen molar-refractivity contribution < 1.29 is 19.1 Å². The van der Waals surface area contributed by atoms with Gasteiger partial charge in [-0.25, -0.2) is 0 Å². The zero-order valence-electron chi connectivity index (χ0n) is 23.1. The fourth-order valence-electron chi connectivity index (χ4n) is 5.75. The number of amides is 3. The molecule has 4 rings (SSSR count). The Morgan fingerprint density at radius 3 is 2.61 bits per heavy atom. The molecule has 2 aromatic carbocycles. The normalized spacial score (nSPS) is 20.1. The van der Waals surface area contributed by atoms with Gasteiger partial charge < -0.3 is 21.1 Å². The summed E-state index contributed by atoms with van der Waals surface area (Å²) < 4.78 is 5.41. The van der Waals surface area contributed by atoms with Crippen molar-refractivity contribution in [2.45, 2.75) is 38.1 Å². The van der Waals surface area contributed by atoms with Gasteiger partial charge in [-0.05, 0) is 73.5 Å². The van der Waals surface area contributed by atoms with E-state index in [9.17, 15) is 14.4 Å². The highest BCUT2D eigenvalue weighted by molar-refractivity contribution is 6.42. The molecule has 0 radical (unpaired) electrons. The molecule has 10 heteroatoms. The molecule has 1 aliphatic heterocycles. The molecule has 2 fully saturated rings. The molecular formula is C31H38Cl2N4O4. The molecular weight excluding hydrogens is 563 g/mol. The maximum atomic E-state index is 13.7. The lowest BCUT2D eigenvalue weighted by atomic mass is 9.81. The summed E-state index contributed by atoms with van der Waals surface area (Å²) in [5.41, 5.74) is 7.57. The van der Waals surface area contributed by atoms with Crippen LogP contribution in [0.15, 0.2) is 48.5 Å². The fraction of sp³-hybridized carbons (Fsp3) is 0.452. The van der Waals surface area contributed by atoms with Crippen molar-refractivity contribution in [2.24, 2.45) is 17.6 Å². The van der Waals surface area contributed by atoms with Crippen LogP contribution in [0.1, 0.15) is 47.2 Å². The predicted molar refractivity (Wildman–Crippen MR) is 162 cm³/mol. The number of nitrogens with zero attached hydrogens (tertiary/aromatic N) is 1. The van der Waals surface area contributed by atoms with Gasteiger partial charge >= 0.3 is 0 Å². The van der Waals surface area contributed by atoms with Crippen LogP contribution in [0.4, 0.5) is 0 Å². The summed E-state index contributed by atoms with van der Waals surface area (Å²) >= 11 is 12.1. The Hall–Kier alpha value is -2.91. The van der Waals surface area contributed by atoms with Crippen molar-refractivity contribution in [1.82, 2.24) is 15.5 Å². The minimum atomic E-state index is -0.519. The summed E-state index contributed by atoms with van der Waals surface area (Å²) in [6, 6.07) is 12.1. The Balaban J connectivity index is 1.44. The van der Waals surface area contributed by atoms with Crippen molar-refractivity contribution in [3.63, 3.8) is 0 Å². The Bertz CT molecular complexity index is 1250. The van der Waals surface area contributed by atoms with E-state index in [4.69, 9.17) is 33.7 Å². The number of hydrogen-bond donors (Lipinski definition) is 3. The summed E-state index contributed by atoms with van der Waals surface area (Å²) in [6.45, 7) is 4.75. The van der Waals surface area contributed by atoms with Gasteiger partial charge in [0.15, 0.2) is 0 Å². The second-order valence-corrected chi connectivity index (χ2v) is 11.5. The summed E-state index contributed by atoms with van der Waals surface area (Å²) in [6.07, 6.45) is 6.82. The van der Waals surface area contributed by atoms with Crippen LogP contribution in [0.3, 0.4) is 0 Å². The molecule has 2 unspecified atom stereocenters. The molecule has 41 heavy (non-hydrogen) atoms. The van der Waals surface area contributed by atoms with Gasteiger partial charge in [0.05, 0.1) is 23.3 Å². The lowest BCUT2D eigenvalue weighted by Crippen LogP contribution is -2.45. The van der Waals surface area contributed by atoms with Crippen molar-refractivity contribution in [3.8, 4) is 0 Å². The third kappa shape index (κ3) is 9.04. The van der Waals surface area contributed by atoms with E-state index in [-0.39, 0.29) is 23.8 Å². The summed E-state index contributed by atoms with van der Waals surface area (Å²) in [5.74, 6) is -1.34. The molecule has 220 valence electrons. The van der Waals surface area contributed by atoms with E-state index < -0.39 is 11.8 Å². The SMILES string of the molecule is NC(=O)c1ccccc1CC(C(=O)NCCCN1CCOCC1)[C@H]1CCCC1NC(=O)C=Cc1ccc(Cl)c(Cl)c1. The molecule has 3 amide bonds. The molecule has 2 aromatic rings. The quantitative estimate of drug-likeness (QED) is 0.251. The molecule has 1 saturated carbocycles. The number of hydrogen-bond acceptors (Lipinski definition) is 5. The fourth-order valence-corrected chi connectivity index (χ4v) is 6.06. The number of ether oxygens (including phenoxy) is 1. The maximum Gasteiger partial charge on any atom is 0.248 e. The number of morpholine rings is 1. The molecule has 8 nitrogen and oxygen atoms in total. The standard InChI is InChI=1S/C31H38Cl2N4O4/c32-26-11-9-21(19-27(26)33)10-12-29(38)36-28-8-3-7-24(28)25(20-22-5-1-2-6-23(22)30(34)39)31(40)35-13-4-14-37-15-17-41-18-16-37/h1-2,5-6,9-12,19,24-25,28H,3-4,7-8,13-18,20H2,(H2,34,39)(H,35,40)(H,36,38)/t24-,25?,28?/m1/s1. The van der Waals surface area contributed by atoms with Crippen LogP contribution in [0, 0.1) is 11.8 Å². The topological polar surface area (TPSA) is 114 Å². The highest BCUT2D eigenvalue weighted by Gasteiger charge is 2.38. The van der Waals surface area contributed by atoms with Gasteiger partial charge in [0, 0.05) is 43.2 Å². The number of nitrogens with two attached hydrogens (primary N) is 1. The minimum absolute atomic E-state index is 0.0660. The third-order valence-corrected chi connectivity index (χ3v) is 8.64. The van der Waals surface area contributed by atoms with Gasteiger partial charge in [-0.15, -0.1) is 0 Å². The van der Waals surface area contributed by atoms with E-state index >= 15 is 0 Å². The van der Waals surface area contributed by atoms with Crippen LogP contribution in [-0.4, -0.2) is 68.1 Å². The number of primary amides is 1. The van der Waals surface area contributed by atoms with Crippen molar-refractivity contribution in [1.29, 1.82) is 0 Å². The van der Waals surface area contributed by atoms with Crippen LogP contribution in [0.5, 0.6) is 0 Å². The van der Waals surface area contributed by atoms with Gasteiger partial charge in [0.1, 0.15) is 0 Å².